The molecule has 0 fully saturated rings. The molecule has 0 aliphatic rings. The molecule has 1 heterocycles. The number of hydrogen-bond donors (Lipinski definition) is 1. The number of nitrogens with zero attached hydrogens (tertiary/aromatic N) is 2. The van der Waals surface area contributed by atoms with Gasteiger partial charge >= 0.3 is 0 Å². The van der Waals surface area contributed by atoms with Crippen molar-refractivity contribution in [1.82, 2.24) is 14.9 Å². The number of halogens is 1. The molecule has 1 N–H and O–H groups in total. The third-order valence-electron chi connectivity index (χ3n) is 4.27. The van der Waals surface area contributed by atoms with E-state index in [4.69, 9.17) is 21.3 Å². The van der Waals surface area contributed by atoms with Crippen molar-refractivity contribution < 1.29 is 9.53 Å². The maximum absolute atomic E-state index is 12.0. The molecule has 0 aliphatic heterocycles. The maximum atomic E-state index is 12.0. The molecule has 136 valence electrons. The van der Waals surface area contributed by atoms with Crippen molar-refractivity contribution in [3.63, 3.8) is 0 Å². The predicted molar refractivity (Wildman–Crippen MR) is 103 cm³/mol. The molecule has 1 atom stereocenters. The number of ether oxygens (including phenoxy) is 1. The van der Waals surface area contributed by atoms with E-state index >= 15 is 0 Å². The van der Waals surface area contributed by atoms with Crippen LogP contribution in [0.5, 0.6) is 0 Å². The van der Waals surface area contributed by atoms with Gasteiger partial charge in [0.1, 0.15) is 12.4 Å². The number of para-hydroxylation sites is 2. The maximum Gasteiger partial charge on any atom is 0.246 e. The quantitative estimate of drug-likeness (QED) is 0.684. The van der Waals surface area contributed by atoms with Crippen LogP contribution in [-0.2, 0) is 16.1 Å². The number of rotatable bonds is 7. The topological polar surface area (TPSA) is 56.1 Å². The first-order valence-electron chi connectivity index (χ1n) is 8.60. The predicted octanol–water partition coefficient (Wildman–Crippen LogP) is 3.95. The first-order chi connectivity index (χ1) is 12.6. The van der Waals surface area contributed by atoms with Crippen LogP contribution in [0.2, 0.25) is 5.02 Å². The molecule has 2 aromatic carbocycles. The molecule has 26 heavy (non-hydrogen) atoms. The van der Waals surface area contributed by atoms with Crippen LogP contribution >= 0.6 is 11.6 Å². The van der Waals surface area contributed by atoms with Crippen LogP contribution in [0.1, 0.15) is 30.8 Å². The number of aromatic nitrogens is 2. The highest BCUT2D eigenvalue weighted by molar-refractivity contribution is 6.30. The van der Waals surface area contributed by atoms with E-state index < -0.39 is 0 Å². The van der Waals surface area contributed by atoms with Crippen LogP contribution in [0, 0.1) is 0 Å². The van der Waals surface area contributed by atoms with Gasteiger partial charge < -0.3 is 14.6 Å². The lowest BCUT2D eigenvalue weighted by atomic mass is 10.2. The lowest BCUT2D eigenvalue weighted by Crippen LogP contribution is -2.32. The Balaban J connectivity index is 2.00. The molecular weight excluding hydrogens is 350 g/mol. The summed E-state index contributed by atoms with van der Waals surface area (Å²) in [7, 11) is 1.51. The van der Waals surface area contributed by atoms with Gasteiger partial charge in [-0.1, -0.05) is 42.8 Å². The molecule has 0 saturated heterocycles. The van der Waals surface area contributed by atoms with Crippen LogP contribution in [0.25, 0.3) is 11.0 Å². The zero-order valence-electron chi connectivity index (χ0n) is 14.9. The minimum absolute atomic E-state index is 0.0356. The van der Waals surface area contributed by atoms with E-state index in [0.29, 0.717) is 11.6 Å². The average molecular weight is 372 g/mol. The number of carbonyl (C=O) groups is 1. The Morgan fingerprint density at radius 3 is 2.65 bits per heavy atom. The van der Waals surface area contributed by atoms with Gasteiger partial charge in [-0.15, -0.1) is 0 Å². The monoisotopic (exact) mass is 371 g/mol. The minimum Gasteiger partial charge on any atom is -0.375 e. The van der Waals surface area contributed by atoms with Gasteiger partial charge in [0.15, 0.2) is 0 Å². The second-order valence-electron chi connectivity index (χ2n) is 6.13. The summed E-state index contributed by atoms with van der Waals surface area (Å²) in [6, 6.07) is 15.6. The number of imidazole rings is 1. The first-order valence-corrected chi connectivity index (χ1v) is 8.98. The Morgan fingerprint density at radius 2 is 1.96 bits per heavy atom. The van der Waals surface area contributed by atoms with E-state index in [1.165, 1.54) is 7.11 Å². The molecule has 0 bridgehead atoms. The average Bonchev–Trinajstić information content (AvgIpc) is 3.00. The zero-order valence-corrected chi connectivity index (χ0v) is 15.7. The third kappa shape index (κ3) is 4.06. The number of amides is 1. The van der Waals surface area contributed by atoms with Crippen LogP contribution in [-0.4, -0.2) is 29.2 Å². The van der Waals surface area contributed by atoms with Crippen molar-refractivity contribution in [3.8, 4) is 0 Å². The molecule has 6 heteroatoms. The van der Waals surface area contributed by atoms with Crippen molar-refractivity contribution in [2.24, 2.45) is 0 Å². The van der Waals surface area contributed by atoms with E-state index in [9.17, 15) is 4.79 Å². The number of carbonyl (C=O) groups excluding carboxylic acids is 1. The van der Waals surface area contributed by atoms with Crippen molar-refractivity contribution in [1.29, 1.82) is 0 Å². The van der Waals surface area contributed by atoms with Gasteiger partial charge in [-0.3, -0.25) is 4.79 Å². The number of fused-ring (bicyclic) bond motifs is 1. The molecule has 0 radical (unpaired) electrons. The normalized spacial score (nSPS) is 12.3. The number of nitrogens with one attached hydrogen (secondary N) is 1. The third-order valence-corrected chi connectivity index (χ3v) is 4.52. The Morgan fingerprint density at radius 1 is 1.23 bits per heavy atom. The highest BCUT2D eigenvalue weighted by atomic mass is 35.5. The second kappa shape index (κ2) is 8.34. The summed E-state index contributed by atoms with van der Waals surface area (Å²) < 4.78 is 7.08. The van der Waals surface area contributed by atoms with Crippen molar-refractivity contribution in [3.05, 3.63) is 64.9 Å². The fourth-order valence-corrected chi connectivity index (χ4v) is 3.14. The van der Waals surface area contributed by atoms with Crippen LogP contribution in [0.3, 0.4) is 0 Å². The van der Waals surface area contributed by atoms with Crippen molar-refractivity contribution in [2.75, 3.05) is 13.7 Å². The van der Waals surface area contributed by atoms with Crippen LogP contribution < -0.4 is 5.32 Å². The summed E-state index contributed by atoms with van der Waals surface area (Å²) >= 11 is 6.00. The Bertz CT molecular complexity index is 890. The summed E-state index contributed by atoms with van der Waals surface area (Å²) in [6.07, 6.45) is 0.736. The van der Waals surface area contributed by atoms with Crippen molar-refractivity contribution >= 4 is 28.5 Å². The summed E-state index contributed by atoms with van der Waals surface area (Å²) in [4.78, 5) is 16.8. The highest BCUT2D eigenvalue weighted by Gasteiger charge is 2.20. The van der Waals surface area contributed by atoms with E-state index in [-0.39, 0.29) is 18.6 Å². The van der Waals surface area contributed by atoms with Gasteiger partial charge in [0, 0.05) is 18.7 Å². The molecule has 3 rings (SSSR count). The van der Waals surface area contributed by atoms with Crippen LogP contribution in [0.15, 0.2) is 48.5 Å². The molecule has 1 unspecified atom stereocenters. The Labute approximate surface area is 157 Å². The first kappa shape index (κ1) is 18.4. The molecular formula is C20H22ClN3O2. The fraction of sp³-hybridized carbons (Fsp3) is 0.300. The highest BCUT2D eigenvalue weighted by Crippen LogP contribution is 2.24. The molecule has 0 spiro atoms. The molecule has 3 aromatic rings. The fourth-order valence-electron chi connectivity index (χ4n) is 3.01. The van der Waals surface area contributed by atoms with Gasteiger partial charge in [0.05, 0.1) is 17.1 Å². The largest absolute Gasteiger partial charge is 0.375 e. The summed E-state index contributed by atoms with van der Waals surface area (Å²) in [5.74, 6) is 0.692. The summed E-state index contributed by atoms with van der Waals surface area (Å²) in [6.45, 7) is 2.72. The number of methoxy groups -OCH3 is 1. The molecule has 5 nitrogen and oxygen atoms in total. The van der Waals surface area contributed by atoms with Gasteiger partial charge in [-0.25, -0.2) is 4.98 Å². The molecule has 0 aliphatic carbocycles. The standard InChI is InChI=1S/C20H22ClN3O2/c1-3-16(22-19(25)13-26-2)20-23-17-6-4-5-7-18(17)24(20)12-14-8-10-15(21)11-9-14/h4-11,16H,3,12-13H2,1-2H3,(H,22,25). The summed E-state index contributed by atoms with van der Waals surface area (Å²) in [5.41, 5.74) is 3.07. The SMILES string of the molecule is CCC(NC(=O)COC)c1nc2ccccc2n1Cc1ccc(Cl)cc1. The number of hydrogen-bond acceptors (Lipinski definition) is 3. The Kier molecular flexibility index (Phi) is 5.91. The molecule has 0 saturated carbocycles. The zero-order chi connectivity index (χ0) is 18.5. The van der Waals surface area contributed by atoms with E-state index in [1.807, 2.05) is 55.5 Å². The Hall–Kier alpha value is -2.37. The van der Waals surface area contributed by atoms with Crippen LogP contribution in [0.4, 0.5) is 0 Å². The lowest BCUT2D eigenvalue weighted by Gasteiger charge is -2.19. The van der Waals surface area contributed by atoms with E-state index in [0.717, 1.165) is 28.8 Å². The number of benzene rings is 2. The van der Waals surface area contributed by atoms with Gasteiger partial charge in [-0.2, -0.15) is 0 Å². The lowest BCUT2D eigenvalue weighted by molar-refractivity contribution is -0.125. The van der Waals surface area contributed by atoms with Gasteiger partial charge in [-0.05, 0) is 36.2 Å². The molecule has 1 amide bonds. The van der Waals surface area contributed by atoms with E-state index in [1.54, 1.807) is 0 Å². The second-order valence-corrected chi connectivity index (χ2v) is 6.57. The van der Waals surface area contributed by atoms with Crippen molar-refractivity contribution in [2.45, 2.75) is 25.9 Å². The minimum atomic E-state index is -0.183. The van der Waals surface area contributed by atoms with Gasteiger partial charge in [0.2, 0.25) is 5.91 Å². The smallest absolute Gasteiger partial charge is 0.246 e. The summed E-state index contributed by atoms with van der Waals surface area (Å²) in [5, 5.41) is 3.72. The molecule has 1 aromatic heterocycles. The van der Waals surface area contributed by atoms with E-state index in [2.05, 4.69) is 9.88 Å². The van der Waals surface area contributed by atoms with Gasteiger partial charge in [0.25, 0.3) is 0 Å².